The van der Waals surface area contributed by atoms with Crippen LogP contribution in [-0.2, 0) is 4.79 Å². The van der Waals surface area contributed by atoms with Gasteiger partial charge in [-0.2, -0.15) is 0 Å². The Labute approximate surface area is 124 Å². The Morgan fingerprint density at radius 1 is 1.05 bits per heavy atom. The number of benzene rings is 2. The van der Waals surface area contributed by atoms with Crippen molar-refractivity contribution in [2.24, 2.45) is 0 Å². The number of carbonyl (C=O) groups excluding carboxylic acids is 1. The van der Waals surface area contributed by atoms with Gasteiger partial charge in [0.1, 0.15) is 5.75 Å². The Hall–Kier alpha value is -2.33. The molecule has 2 rings (SSSR count). The molecule has 1 amide bonds. The van der Waals surface area contributed by atoms with Crippen LogP contribution < -0.4 is 10.1 Å². The second kappa shape index (κ2) is 8.07. The van der Waals surface area contributed by atoms with E-state index >= 15 is 0 Å². The highest BCUT2D eigenvalue weighted by atomic mass is 16.5. The summed E-state index contributed by atoms with van der Waals surface area (Å²) in [6.45, 7) is 0.179. The molecule has 0 aromatic heterocycles. The van der Waals surface area contributed by atoms with Gasteiger partial charge in [-0.25, -0.2) is 0 Å². The maximum absolute atomic E-state index is 11.9. The summed E-state index contributed by atoms with van der Waals surface area (Å²) in [7, 11) is 0. The van der Waals surface area contributed by atoms with Gasteiger partial charge in [-0.1, -0.05) is 48.5 Å². The lowest BCUT2D eigenvalue weighted by molar-refractivity contribution is -0.122. The van der Waals surface area contributed by atoms with Crippen molar-refractivity contribution in [2.45, 2.75) is 12.5 Å². The first-order valence-corrected chi connectivity index (χ1v) is 6.92. The molecular formula is C17H19NO3. The van der Waals surface area contributed by atoms with Crippen molar-refractivity contribution in [1.82, 2.24) is 5.32 Å². The molecule has 21 heavy (non-hydrogen) atoms. The van der Waals surface area contributed by atoms with E-state index in [1.165, 1.54) is 0 Å². The molecule has 0 radical (unpaired) electrons. The van der Waals surface area contributed by atoms with E-state index in [0.717, 1.165) is 11.3 Å². The minimum atomic E-state index is -0.379. The Bertz CT molecular complexity index is 542. The van der Waals surface area contributed by atoms with E-state index in [1.807, 2.05) is 60.7 Å². The predicted molar refractivity (Wildman–Crippen MR) is 81.0 cm³/mol. The average Bonchev–Trinajstić information content (AvgIpc) is 2.54. The van der Waals surface area contributed by atoms with Crippen LogP contribution >= 0.6 is 0 Å². The third-order valence-electron chi connectivity index (χ3n) is 3.06. The Kier molecular flexibility index (Phi) is 5.79. The van der Waals surface area contributed by atoms with Gasteiger partial charge in [-0.15, -0.1) is 0 Å². The van der Waals surface area contributed by atoms with Crippen molar-refractivity contribution < 1.29 is 14.6 Å². The molecule has 110 valence electrons. The van der Waals surface area contributed by atoms with E-state index in [9.17, 15) is 9.90 Å². The Morgan fingerprint density at radius 2 is 1.67 bits per heavy atom. The first-order valence-electron chi connectivity index (χ1n) is 6.92. The molecule has 0 spiro atoms. The van der Waals surface area contributed by atoms with Crippen molar-refractivity contribution in [3.05, 3.63) is 66.2 Å². The molecule has 0 saturated carbocycles. The number of hydrogen-bond donors (Lipinski definition) is 2. The maximum atomic E-state index is 11.9. The van der Waals surface area contributed by atoms with Gasteiger partial charge in [-0.3, -0.25) is 4.79 Å². The molecule has 0 aliphatic carbocycles. The monoisotopic (exact) mass is 285 g/mol. The molecule has 0 fully saturated rings. The largest absolute Gasteiger partial charge is 0.493 e. The van der Waals surface area contributed by atoms with Crippen LogP contribution in [0.15, 0.2) is 60.7 Å². The third kappa shape index (κ3) is 4.93. The summed E-state index contributed by atoms with van der Waals surface area (Å²) in [6, 6.07) is 18.4. The molecule has 0 saturated heterocycles. The summed E-state index contributed by atoms with van der Waals surface area (Å²) in [5, 5.41) is 12.2. The second-order valence-electron chi connectivity index (χ2n) is 4.62. The predicted octanol–water partition coefficient (Wildman–Crippen LogP) is 2.31. The van der Waals surface area contributed by atoms with E-state index in [4.69, 9.17) is 4.74 Å². The average molecular weight is 285 g/mol. The second-order valence-corrected chi connectivity index (χ2v) is 4.62. The van der Waals surface area contributed by atoms with Gasteiger partial charge in [0.25, 0.3) is 0 Å². The Morgan fingerprint density at radius 3 is 2.29 bits per heavy atom. The normalized spacial score (nSPS) is 11.7. The van der Waals surface area contributed by atoms with E-state index < -0.39 is 0 Å². The summed E-state index contributed by atoms with van der Waals surface area (Å²) >= 11 is 0. The number of amides is 1. The fourth-order valence-corrected chi connectivity index (χ4v) is 1.96. The van der Waals surface area contributed by atoms with E-state index in [0.29, 0.717) is 6.61 Å². The molecular weight excluding hydrogens is 266 g/mol. The third-order valence-corrected chi connectivity index (χ3v) is 3.06. The molecule has 0 bridgehead atoms. The highest BCUT2D eigenvalue weighted by molar-refractivity contribution is 5.76. The number of aliphatic hydroxyl groups excluding tert-OH is 1. The van der Waals surface area contributed by atoms with Crippen LogP contribution in [0.4, 0.5) is 0 Å². The molecule has 4 heteroatoms. The lowest BCUT2D eigenvalue weighted by Crippen LogP contribution is -2.31. The quantitative estimate of drug-likeness (QED) is 0.820. The molecule has 0 aliphatic rings. The van der Waals surface area contributed by atoms with Gasteiger partial charge in [-0.05, 0) is 17.7 Å². The highest BCUT2D eigenvalue weighted by Crippen LogP contribution is 2.12. The first kappa shape index (κ1) is 15.1. The van der Waals surface area contributed by atoms with Crippen LogP contribution in [0.3, 0.4) is 0 Å². The molecule has 2 aromatic carbocycles. The summed E-state index contributed by atoms with van der Waals surface area (Å²) < 4.78 is 5.47. The summed E-state index contributed by atoms with van der Waals surface area (Å²) in [5.74, 6) is 0.598. The van der Waals surface area contributed by atoms with Gasteiger partial charge >= 0.3 is 0 Å². The van der Waals surface area contributed by atoms with Crippen molar-refractivity contribution in [3.8, 4) is 5.75 Å². The smallest absolute Gasteiger partial charge is 0.223 e. The van der Waals surface area contributed by atoms with Crippen molar-refractivity contribution >= 4 is 5.91 Å². The number of para-hydroxylation sites is 1. The first-order chi connectivity index (χ1) is 10.3. The molecule has 2 N–H and O–H groups in total. The zero-order valence-corrected chi connectivity index (χ0v) is 11.7. The number of aliphatic hydroxyl groups is 1. The van der Waals surface area contributed by atoms with Crippen LogP contribution in [0, 0.1) is 0 Å². The standard InChI is InChI=1S/C17H19NO3/c19-13-16(14-7-3-1-4-8-14)18-17(20)11-12-21-15-9-5-2-6-10-15/h1-10,16,19H,11-13H2,(H,18,20)/t16-/m1/s1. The zero-order valence-electron chi connectivity index (χ0n) is 11.7. The summed E-state index contributed by atoms with van der Waals surface area (Å²) in [5.41, 5.74) is 0.886. The van der Waals surface area contributed by atoms with Crippen LogP contribution in [0.5, 0.6) is 5.75 Å². The van der Waals surface area contributed by atoms with Crippen LogP contribution in [-0.4, -0.2) is 24.2 Å². The zero-order chi connectivity index (χ0) is 14.9. The van der Waals surface area contributed by atoms with Gasteiger partial charge in [0.05, 0.1) is 25.7 Å². The molecule has 1 atom stereocenters. The van der Waals surface area contributed by atoms with Crippen molar-refractivity contribution in [2.75, 3.05) is 13.2 Å². The molecule has 0 unspecified atom stereocenters. The number of rotatable bonds is 7. The van der Waals surface area contributed by atoms with Gasteiger partial charge in [0.15, 0.2) is 0 Å². The topological polar surface area (TPSA) is 58.6 Å². The maximum Gasteiger partial charge on any atom is 0.223 e. The minimum Gasteiger partial charge on any atom is -0.493 e. The number of hydrogen-bond acceptors (Lipinski definition) is 3. The highest BCUT2D eigenvalue weighted by Gasteiger charge is 2.13. The number of ether oxygens (including phenoxy) is 1. The van der Waals surface area contributed by atoms with Gasteiger partial charge in [0.2, 0.25) is 5.91 Å². The number of carbonyl (C=O) groups is 1. The fraction of sp³-hybridized carbons (Fsp3) is 0.235. The van der Waals surface area contributed by atoms with Crippen molar-refractivity contribution in [3.63, 3.8) is 0 Å². The summed E-state index contributed by atoms with van der Waals surface area (Å²) in [4.78, 5) is 11.9. The fourth-order valence-electron chi connectivity index (χ4n) is 1.96. The molecule has 0 heterocycles. The van der Waals surface area contributed by atoms with Crippen LogP contribution in [0.25, 0.3) is 0 Å². The van der Waals surface area contributed by atoms with Gasteiger partial charge in [0, 0.05) is 0 Å². The van der Waals surface area contributed by atoms with Crippen LogP contribution in [0.2, 0.25) is 0 Å². The molecule has 2 aromatic rings. The minimum absolute atomic E-state index is 0.130. The molecule has 4 nitrogen and oxygen atoms in total. The molecule has 0 aliphatic heterocycles. The SMILES string of the molecule is O=C(CCOc1ccccc1)N[C@H](CO)c1ccccc1. The van der Waals surface area contributed by atoms with Crippen molar-refractivity contribution in [1.29, 1.82) is 0 Å². The lowest BCUT2D eigenvalue weighted by Gasteiger charge is -2.16. The van der Waals surface area contributed by atoms with Crippen LogP contribution in [0.1, 0.15) is 18.0 Å². The van der Waals surface area contributed by atoms with E-state index in [-0.39, 0.29) is 25.0 Å². The Balaban J connectivity index is 1.78. The van der Waals surface area contributed by atoms with Gasteiger partial charge < -0.3 is 15.2 Å². The van der Waals surface area contributed by atoms with E-state index in [1.54, 1.807) is 0 Å². The summed E-state index contributed by atoms with van der Waals surface area (Å²) in [6.07, 6.45) is 0.248. The lowest BCUT2D eigenvalue weighted by atomic mass is 10.1. The van der Waals surface area contributed by atoms with E-state index in [2.05, 4.69) is 5.32 Å². The number of nitrogens with one attached hydrogen (secondary N) is 1.